The van der Waals surface area contributed by atoms with Crippen molar-refractivity contribution in [2.45, 2.75) is 26.3 Å². The van der Waals surface area contributed by atoms with Crippen molar-refractivity contribution in [1.29, 1.82) is 0 Å². The Hall–Kier alpha value is -4.39. The van der Waals surface area contributed by atoms with Crippen LogP contribution in [-0.4, -0.2) is 34.5 Å². The number of benzene rings is 3. The van der Waals surface area contributed by atoms with E-state index in [-0.39, 0.29) is 36.1 Å². The molecule has 4 rings (SSSR count). The zero-order chi connectivity index (χ0) is 25.1. The molecule has 2 N–H and O–H groups in total. The maximum atomic E-state index is 13.2. The van der Waals surface area contributed by atoms with Gasteiger partial charge in [0.05, 0.1) is 24.6 Å². The maximum absolute atomic E-state index is 13.2. The Labute approximate surface area is 202 Å². The SMILES string of the molecule is CCOC(=O)Cc1ccc(N2C(=O)C(=O)/C(=C(/O)c3ccc(C)cc3)C2c2ccc(O)cc2)cc1. The minimum Gasteiger partial charge on any atom is -0.508 e. The second-order valence-corrected chi connectivity index (χ2v) is 8.27. The minimum absolute atomic E-state index is 0.0348. The maximum Gasteiger partial charge on any atom is 0.310 e. The molecule has 178 valence electrons. The molecule has 1 fully saturated rings. The number of nitrogens with zero attached hydrogens (tertiary/aromatic N) is 1. The lowest BCUT2D eigenvalue weighted by Gasteiger charge is -2.25. The molecule has 0 spiro atoms. The van der Waals surface area contributed by atoms with E-state index in [1.54, 1.807) is 55.5 Å². The number of amides is 1. The fourth-order valence-electron chi connectivity index (χ4n) is 4.09. The van der Waals surface area contributed by atoms with Crippen LogP contribution in [0.3, 0.4) is 0 Å². The van der Waals surface area contributed by atoms with E-state index in [0.29, 0.717) is 22.4 Å². The molecule has 3 aromatic rings. The molecule has 0 saturated carbocycles. The lowest BCUT2D eigenvalue weighted by atomic mass is 9.94. The standard InChI is InChI=1S/C28H25NO6/c1-3-35-23(31)16-18-6-12-21(13-7-18)29-25(19-10-14-22(30)15-11-19)24(27(33)28(29)34)26(32)20-8-4-17(2)5-9-20/h4-15,25,30,32H,3,16H2,1-2H3/b26-24+. The number of aliphatic hydroxyl groups is 1. The van der Waals surface area contributed by atoms with Gasteiger partial charge in [0.25, 0.3) is 11.7 Å². The third-order valence-corrected chi connectivity index (χ3v) is 5.85. The molecule has 1 saturated heterocycles. The zero-order valence-corrected chi connectivity index (χ0v) is 19.4. The average Bonchev–Trinajstić information content (AvgIpc) is 3.11. The van der Waals surface area contributed by atoms with Gasteiger partial charge in [0.1, 0.15) is 11.5 Å². The van der Waals surface area contributed by atoms with Crippen LogP contribution < -0.4 is 4.90 Å². The van der Waals surface area contributed by atoms with Gasteiger partial charge in [-0.3, -0.25) is 19.3 Å². The number of ketones is 1. The number of ether oxygens (including phenoxy) is 1. The summed E-state index contributed by atoms with van der Waals surface area (Å²) in [4.78, 5) is 39.5. The molecule has 1 unspecified atom stereocenters. The van der Waals surface area contributed by atoms with Gasteiger partial charge < -0.3 is 14.9 Å². The Balaban J connectivity index is 1.80. The molecule has 1 aliphatic rings. The van der Waals surface area contributed by atoms with Crippen LogP contribution in [0.5, 0.6) is 5.75 Å². The first-order valence-corrected chi connectivity index (χ1v) is 11.2. The third-order valence-electron chi connectivity index (χ3n) is 5.85. The van der Waals surface area contributed by atoms with Crippen molar-refractivity contribution in [1.82, 2.24) is 0 Å². The topological polar surface area (TPSA) is 104 Å². The van der Waals surface area contributed by atoms with Crippen LogP contribution in [0.4, 0.5) is 5.69 Å². The summed E-state index contributed by atoms with van der Waals surface area (Å²) in [5.41, 5.74) is 3.04. The quantitative estimate of drug-likeness (QED) is 0.239. The van der Waals surface area contributed by atoms with Crippen LogP contribution in [0.2, 0.25) is 0 Å². The molecule has 1 atom stereocenters. The smallest absolute Gasteiger partial charge is 0.310 e. The van der Waals surface area contributed by atoms with E-state index in [1.165, 1.54) is 17.0 Å². The van der Waals surface area contributed by atoms with Gasteiger partial charge in [-0.15, -0.1) is 0 Å². The Bertz CT molecular complexity index is 1290. The lowest BCUT2D eigenvalue weighted by molar-refractivity contribution is -0.142. The van der Waals surface area contributed by atoms with Gasteiger partial charge in [-0.2, -0.15) is 0 Å². The van der Waals surface area contributed by atoms with Crippen LogP contribution in [0.25, 0.3) is 5.76 Å². The zero-order valence-electron chi connectivity index (χ0n) is 19.4. The highest BCUT2D eigenvalue weighted by molar-refractivity contribution is 6.51. The number of aliphatic hydroxyl groups excluding tert-OH is 1. The molecule has 7 heteroatoms. The van der Waals surface area contributed by atoms with Gasteiger partial charge in [-0.25, -0.2) is 0 Å². The van der Waals surface area contributed by atoms with Gasteiger partial charge >= 0.3 is 5.97 Å². The highest BCUT2D eigenvalue weighted by atomic mass is 16.5. The number of Topliss-reactive ketones (excluding diaryl/α,β-unsaturated/α-hetero) is 1. The highest BCUT2D eigenvalue weighted by Crippen LogP contribution is 2.42. The number of hydrogen-bond donors (Lipinski definition) is 2. The summed E-state index contributed by atoms with van der Waals surface area (Å²) in [6, 6.07) is 18.9. The molecular weight excluding hydrogens is 446 g/mol. The van der Waals surface area contributed by atoms with Crippen LogP contribution in [0.1, 0.15) is 35.2 Å². The van der Waals surface area contributed by atoms with Gasteiger partial charge in [0, 0.05) is 11.3 Å². The molecule has 1 aliphatic heterocycles. The summed E-state index contributed by atoms with van der Waals surface area (Å²) in [6.07, 6.45) is 0.0851. The molecule has 0 aromatic heterocycles. The van der Waals surface area contributed by atoms with E-state index in [1.807, 2.05) is 19.1 Å². The van der Waals surface area contributed by atoms with Crippen molar-refractivity contribution in [3.05, 3.63) is 101 Å². The number of phenolic OH excluding ortho intramolecular Hbond substituents is 1. The van der Waals surface area contributed by atoms with Gasteiger partial charge in [-0.05, 0) is 49.2 Å². The summed E-state index contributed by atoms with van der Waals surface area (Å²) in [5, 5.41) is 20.9. The normalized spacial score (nSPS) is 17.0. The van der Waals surface area contributed by atoms with Crippen molar-refractivity contribution in [2.75, 3.05) is 11.5 Å². The molecule has 0 radical (unpaired) electrons. The van der Waals surface area contributed by atoms with E-state index in [2.05, 4.69) is 0 Å². The number of carbonyl (C=O) groups is 3. The largest absolute Gasteiger partial charge is 0.508 e. The lowest BCUT2D eigenvalue weighted by Crippen LogP contribution is -2.29. The monoisotopic (exact) mass is 471 g/mol. The first kappa shape index (κ1) is 23.8. The predicted octanol–water partition coefficient (Wildman–Crippen LogP) is 4.43. The van der Waals surface area contributed by atoms with E-state index in [4.69, 9.17) is 4.74 Å². The Morgan fingerprint density at radius 2 is 1.57 bits per heavy atom. The van der Waals surface area contributed by atoms with Crippen molar-refractivity contribution in [2.24, 2.45) is 0 Å². The van der Waals surface area contributed by atoms with Gasteiger partial charge in [0.15, 0.2) is 0 Å². The number of carbonyl (C=O) groups excluding carboxylic acids is 3. The molecular formula is C28H25NO6. The number of phenols is 1. The van der Waals surface area contributed by atoms with Gasteiger partial charge in [-0.1, -0.05) is 54.1 Å². The summed E-state index contributed by atoms with van der Waals surface area (Å²) in [5.74, 6) is -2.19. The number of rotatable bonds is 6. The molecule has 35 heavy (non-hydrogen) atoms. The number of aromatic hydroxyl groups is 1. The summed E-state index contributed by atoms with van der Waals surface area (Å²) in [6.45, 7) is 3.93. The van der Waals surface area contributed by atoms with E-state index < -0.39 is 17.7 Å². The van der Waals surface area contributed by atoms with Crippen LogP contribution in [0.15, 0.2) is 78.4 Å². The highest BCUT2D eigenvalue weighted by Gasteiger charge is 2.46. The number of anilines is 1. The van der Waals surface area contributed by atoms with Crippen LogP contribution in [0, 0.1) is 6.92 Å². The third kappa shape index (κ3) is 4.80. The fourth-order valence-corrected chi connectivity index (χ4v) is 4.09. The molecule has 0 aliphatic carbocycles. The molecule has 7 nitrogen and oxygen atoms in total. The van der Waals surface area contributed by atoms with Crippen LogP contribution >= 0.6 is 0 Å². The van der Waals surface area contributed by atoms with Crippen molar-refractivity contribution >= 4 is 29.1 Å². The molecule has 3 aromatic carbocycles. The second kappa shape index (κ2) is 9.85. The summed E-state index contributed by atoms with van der Waals surface area (Å²) < 4.78 is 4.98. The fraction of sp³-hybridized carbons (Fsp3) is 0.179. The second-order valence-electron chi connectivity index (χ2n) is 8.27. The minimum atomic E-state index is -0.909. The summed E-state index contributed by atoms with van der Waals surface area (Å²) in [7, 11) is 0. The van der Waals surface area contributed by atoms with Crippen LogP contribution in [-0.2, 0) is 25.5 Å². The Morgan fingerprint density at radius 1 is 0.943 bits per heavy atom. The van der Waals surface area contributed by atoms with E-state index in [9.17, 15) is 24.6 Å². The first-order valence-electron chi connectivity index (χ1n) is 11.2. The molecule has 0 bridgehead atoms. The summed E-state index contributed by atoms with van der Waals surface area (Å²) >= 11 is 0. The van der Waals surface area contributed by atoms with Crippen molar-refractivity contribution in [3.8, 4) is 5.75 Å². The number of esters is 1. The average molecular weight is 472 g/mol. The first-order chi connectivity index (χ1) is 16.8. The Morgan fingerprint density at radius 3 is 2.17 bits per heavy atom. The Kier molecular flexibility index (Phi) is 6.68. The van der Waals surface area contributed by atoms with Crippen molar-refractivity contribution in [3.63, 3.8) is 0 Å². The molecule has 1 amide bonds. The van der Waals surface area contributed by atoms with E-state index in [0.717, 1.165) is 5.56 Å². The van der Waals surface area contributed by atoms with Gasteiger partial charge in [0.2, 0.25) is 0 Å². The van der Waals surface area contributed by atoms with Crippen molar-refractivity contribution < 1.29 is 29.3 Å². The predicted molar refractivity (Wildman–Crippen MR) is 131 cm³/mol. The molecule has 1 heterocycles. The van der Waals surface area contributed by atoms with E-state index >= 15 is 0 Å². The number of aryl methyl sites for hydroxylation is 1. The number of hydrogen-bond acceptors (Lipinski definition) is 6.